The third kappa shape index (κ3) is 5.68. The van der Waals surface area contributed by atoms with Crippen LogP contribution in [0.15, 0.2) is 12.1 Å². The van der Waals surface area contributed by atoms with Gasteiger partial charge in [0.15, 0.2) is 0 Å². The third-order valence-corrected chi connectivity index (χ3v) is 2.45. The summed E-state index contributed by atoms with van der Waals surface area (Å²) in [4.78, 5) is 4.38. The van der Waals surface area contributed by atoms with Gasteiger partial charge in [-0.3, -0.25) is 0 Å². The van der Waals surface area contributed by atoms with E-state index in [-0.39, 0.29) is 0 Å². The van der Waals surface area contributed by atoms with E-state index in [1.807, 2.05) is 13.0 Å². The summed E-state index contributed by atoms with van der Waals surface area (Å²) in [5.41, 5.74) is 2.25. The van der Waals surface area contributed by atoms with Gasteiger partial charge in [-0.15, -0.1) is 0 Å². The van der Waals surface area contributed by atoms with Crippen LogP contribution in [0.1, 0.15) is 44.9 Å². The van der Waals surface area contributed by atoms with Crippen LogP contribution < -0.4 is 10.1 Å². The smallest absolute Gasteiger partial charge is 0.213 e. The molecule has 0 amide bonds. The molecule has 96 valence electrons. The highest BCUT2D eigenvalue weighted by Gasteiger charge is 2.02. The topological polar surface area (TPSA) is 34.1 Å². The van der Waals surface area contributed by atoms with Crippen molar-refractivity contribution in [3.05, 3.63) is 23.4 Å². The van der Waals surface area contributed by atoms with E-state index < -0.39 is 0 Å². The van der Waals surface area contributed by atoms with Crippen molar-refractivity contribution in [2.24, 2.45) is 0 Å². The number of aromatic nitrogens is 1. The second-order valence-corrected chi connectivity index (χ2v) is 4.69. The fourth-order valence-corrected chi connectivity index (χ4v) is 1.53. The van der Waals surface area contributed by atoms with E-state index >= 15 is 0 Å². The van der Waals surface area contributed by atoms with Gasteiger partial charge in [-0.1, -0.05) is 27.2 Å². The fraction of sp³-hybridized carbons (Fsp3) is 0.643. The quantitative estimate of drug-likeness (QED) is 0.739. The van der Waals surface area contributed by atoms with Gasteiger partial charge in [-0.25, -0.2) is 4.98 Å². The van der Waals surface area contributed by atoms with Gasteiger partial charge in [0, 0.05) is 24.3 Å². The van der Waals surface area contributed by atoms with Gasteiger partial charge >= 0.3 is 0 Å². The summed E-state index contributed by atoms with van der Waals surface area (Å²) >= 11 is 0. The van der Waals surface area contributed by atoms with Gasteiger partial charge in [-0.05, 0) is 25.0 Å². The Hall–Kier alpha value is -1.09. The number of nitrogens with one attached hydrogen (secondary N) is 1. The SMILES string of the molecule is CCCCOc1cc(CNC(C)C)cc(C)n1. The first kappa shape index (κ1) is 14.0. The average molecular weight is 236 g/mol. The van der Waals surface area contributed by atoms with Crippen molar-refractivity contribution in [3.8, 4) is 5.88 Å². The first-order valence-corrected chi connectivity index (χ1v) is 6.45. The summed E-state index contributed by atoms with van der Waals surface area (Å²) in [6, 6.07) is 4.62. The van der Waals surface area contributed by atoms with Crippen LogP contribution in [0.5, 0.6) is 5.88 Å². The molecule has 0 spiro atoms. The highest BCUT2D eigenvalue weighted by Crippen LogP contribution is 2.13. The van der Waals surface area contributed by atoms with E-state index in [1.54, 1.807) is 0 Å². The molecule has 0 aliphatic carbocycles. The van der Waals surface area contributed by atoms with E-state index in [4.69, 9.17) is 4.74 Å². The molecule has 1 N–H and O–H groups in total. The van der Waals surface area contributed by atoms with Gasteiger partial charge in [0.2, 0.25) is 5.88 Å². The molecule has 3 nitrogen and oxygen atoms in total. The Labute approximate surface area is 105 Å². The van der Waals surface area contributed by atoms with Crippen LogP contribution in [0.4, 0.5) is 0 Å². The Morgan fingerprint density at radius 1 is 1.35 bits per heavy atom. The summed E-state index contributed by atoms with van der Waals surface area (Å²) in [5, 5.41) is 3.40. The molecule has 0 unspecified atom stereocenters. The lowest BCUT2D eigenvalue weighted by Gasteiger charge is -2.11. The number of hydrogen-bond donors (Lipinski definition) is 1. The zero-order valence-corrected chi connectivity index (χ0v) is 11.4. The standard InChI is InChI=1S/C14H24N2O/c1-5-6-7-17-14-9-13(8-12(4)16-14)10-15-11(2)3/h8-9,11,15H,5-7,10H2,1-4H3. The Bertz CT molecular complexity index is 337. The van der Waals surface area contributed by atoms with Crippen molar-refractivity contribution >= 4 is 0 Å². The predicted octanol–water partition coefficient (Wildman–Crippen LogP) is 3.07. The number of ether oxygens (including phenoxy) is 1. The highest BCUT2D eigenvalue weighted by atomic mass is 16.5. The minimum Gasteiger partial charge on any atom is -0.478 e. The van der Waals surface area contributed by atoms with Gasteiger partial charge in [0.1, 0.15) is 0 Å². The molecule has 0 aliphatic rings. The second kappa shape index (κ2) is 7.28. The zero-order chi connectivity index (χ0) is 12.7. The van der Waals surface area contributed by atoms with Gasteiger partial charge in [0.25, 0.3) is 0 Å². The second-order valence-electron chi connectivity index (χ2n) is 4.69. The molecule has 0 aromatic carbocycles. The number of nitrogens with zero attached hydrogens (tertiary/aromatic N) is 1. The summed E-state index contributed by atoms with van der Waals surface area (Å²) in [7, 11) is 0. The lowest BCUT2D eigenvalue weighted by molar-refractivity contribution is 0.297. The Morgan fingerprint density at radius 2 is 2.12 bits per heavy atom. The van der Waals surface area contributed by atoms with E-state index in [1.165, 1.54) is 5.56 Å². The summed E-state index contributed by atoms with van der Waals surface area (Å²) in [6.45, 7) is 10.1. The zero-order valence-electron chi connectivity index (χ0n) is 11.4. The molecular weight excluding hydrogens is 212 g/mol. The van der Waals surface area contributed by atoms with Gasteiger partial charge in [-0.2, -0.15) is 0 Å². The number of unbranched alkanes of at least 4 members (excludes halogenated alkanes) is 1. The van der Waals surface area contributed by atoms with Crippen LogP contribution in [-0.2, 0) is 6.54 Å². The summed E-state index contributed by atoms with van der Waals surface area (Å²) in [5.74, 6) is 0.749. The molecule has 17 heavy (non-hydrogen) atoms. The van der Waals surface area contributed by atoms with Crippen LogP contribution >= 0.6 is 0 Å². The van der Waals surface area contributed by atoms with Crippen molar-refractivity contribution in [1.82, 2.24) is 10.3 Å². The molecule has 0 fully saturated rings. The molecule has 3 heteroatoms. The van der Waals surface area contributed by atoms with E-state index in [0.29, 0.717) is 6.04 Å². The molecule has 0 radical (unpaired) electrons. The molecule has 1 aromatic heterocycles. The van der Waals surface area contributed by atoms with E-state index in [2.05, 4.69) is 37.1 Å². The molecule has 1 rings (SSSR count). The summed E-state index contributed by atoms with van der Waals surface area (Å²) in [6.07, 6.45) is 2.22. The largest absolute Gasteiger partial charge is 0.478 e. The van der Waals surface area contributed by atoms with Crippen molar-refractivity contribution in [2.45, 2.75) is 53.1 Å². The lowest BCUT2D eigenvalue weighted by Crippen LogP contribution is -2.22. The molecule has 1 aromatic rings. The fourth-order valence-electron chi connectivity index (χ4n) is 1.53. The first-order chi connectivity index (χ1) is 8.11. The normalized spacial score (nSPS) is 10.9. The minimum absolute atomic E-state index is 0.493. The van der Waals surface area contributed by atoms with Crippen molar-refractivity contribution in [2.75, 3.05) is 6.61 Å². The maximum atomic E-state index is 5.64. The average Bonchev–Trinajstić information content (AvgIpc) is 2.26. The Kier molecular flexibility index (Phi) is 5.98. The minimum atomic E-state index is 0.493. The maximum absolute atomic E-state index is 5.64. The molecular formula is C14H24N2O. The predicted molar refractivity (Wildman–Crippen MR) is 71.4 cm³/mol. The number of pyridine rings is 1. The Morgan fingerprint density at radius 3 is 2.76 bits per heavy atom. The molecule has 0 atom stereocenters. The third-order valence-electron chi connectivity index (χ3n) is 2.45. The van der Waals surface area contributed by atoms with E-state index in [9.17, 15) is 0 Å². The van der Waals surface area contributed by atoms with E-state index in [0.717, 1.165) is 37.6 Å². The van der Waals surface area contributed by atoms with Crippen LogP contribution in [0.25, 0.3) is 0 Å². The lowest BCUT2D eigenvalue weighted by atomic mass is 10.2. The number of aryl methyl sites for hydroxylation is 1. The molecule has 0 aliphatic heterocycles. The molecule has 1 heterocycles. The summed E-state index contributed by atoms with van der Waals surface area (Å²) < 4.78 is 5.64. The van der Waals surface area contributed by atoms with Crippen molar-refractivity contribution in [3.63, 3.8) is 0 Å². The van der Waals surface area contributed by atoms with Crippen molar-refractivity contribution in [1.29, 1.82) is 0 Å². The van der Waals surface area contributed by atoms with Crippen LogP contribution in [0.2, 0.25) is 0 Å². The Balaban J connectivity index is 2.59. The van der Waals surface area contributed by atoms with Crippen LogP contribution in [0.3, 0.4) is 0 Å². The first-order valence-electron chi connectivity index (χ1n) is 6.45. The van der Waals surface area contributed by atoms with Crippen molar-refractivity contribution < 1.29 is 4.74 Å². The van der Waals surface area contributed by atoms with Gasteiger partial charge < -0.3 is 10.1 Å². The number of rotatable bonds is 7. The highest BCUT2D eigenvalue weighted by molar-refractivity contribution is 5.24. The molecule has 0 saturated carbocycles. The van der Waals surface area contributed by atoms with Crippen LogP contribution in [-0.4, -0.2) is 17.6 Å². The number of hydrogen-bond acceptors (Lipinski definition) is 3. The molecule has 0 bridgehead atoms. The van der Waals surface area contributed by atoms with Crippen LogP contribution in [0, 0.1) is 6.92 Å². The maximum Gasteiger partial charge on any atom is 0.213 e. The van der Waals surface area contributed by atoms with Gasteiger partial charge in [0.05, 0.1) is 6.61 Å². The monoisotopic (exact) mass is 236 g/mol. The molecule has 0 saturated heterocycles.